The van der Waals surface area contributed by atoms with Crippen molar-refractivity contribution in [1.29, 1.82) is 0 Å². The Bertz CT molecular complexity index is 935. The van der Waals surface area contributed by atoms with Gasteiger partial charge in [0.05, 0.1) is 24.4 Å². The summed E-state index contributed by atoms with van der Waals surface area (Å²) in [7, 11) is -8.63. The molecule has 0 amide bonds. The standard InChI is InChI=1S/C22H34O8P2/c1-13(2)27-31(25,28-14(3)4)21-19(23)17-11-9-10-12-18(17)20(24)22(21)32(26,29-15(5)6)30-16(7)8/h9-16,23-24H,1-8H3. The van der Waals surface area contributed by atoms with Crippen LogP contribution < -0.4 is 10.6 Å². The average molecular weight is 488 g/mol. The topological polar surface area (TPSA) is 112 Å². The highest BCUT2D eigenvalue weighted by molar-refractivity contribution is 7.69. The molecule has 0 bridgehead atoms. The first-order valence-electron chi connectivity index (χ1n) is 10.6. The van der Waals surface area contributed by atoms with E-state index in [1.807, 2.05) is 0 Å². The van der Waals surface area contributed by atoms with Gasteiger partial charge >= 0.3 is 15.2 Å². The van der Waals surface area contributed by atoms with Crippen molar-refractivity contribution in [2.75, 3.05) is 0 Å². The second-order valence-electron chi connectivity index (χ2n) is 8.55. The smallest absolute Gasteiger partial charge is 0.366 e. The maximum atomic E-state index is 14.1. The molecule has 0 spiro atoms. The van der Waals surface area contributed by atoms with Gasteiger partial charge in [0, 0.05) is 10.8 Å². The minimum atomic E-state index is -4.32. The van der Waals surface area contributed by atoms with Crippen LogP contribution in [0.1, 0.15) is 55.4 Å². The van der Waals surface area contributed by atoms with Crippen LogP contribution in [0.15, 0.2) is 24.3 Å². The van der Waals surface area contributed by atoms with Gasteiger partial charge in [-0.25, -0.2) is 0 Å². The highest BCUT2D eigenvalue weighted by Crippen LogP contribution is 2.59. The summed E-state index contributed by atoms with van der Waals surface area (Å²) in [6, 6.07) is 6.39. The first-order valence-corrected chi connectivity index (χ1v) is 13.7. The van der Waals surface area contributed by atoms with Crippen LogP contribution in [0, 0.1) is 0 Å². The molecule has 32 heavy (non-hydrogen) atoms. The molecule has 10 heteroatoms. The number of hydrogen-bond donors (Lipinski definition) is 2. The molecule has 0 saturated carbocycles. The number of phenols is 2. The normalized spacial score (nSPS) is 13.2. The average Bonchev–Trinajstić information content (AvgIpc) is 2.61. The molecule has 2 N–H and O–H groups in total. The van der Waals surface area contributed by atoms with Crippen LogP contribution in [0.3, 0.4) is 0 Å². The molecule has 2 rings (SSSR count). The van der Waals surface area contributed by atoms with Gasteiger partial charge in [-0.3, -0.25) is 9.13 Å². The van der Waals surface area contributed by atoms with Gasteiger partial charge in [-0.15, -0.1) is 0 Å². The summed E-state index contributed by atoms with van der Waals surface area (Å²) < 4.78 is 51.1. The van der Waals surface area contributed by atoms with E-state index in [0.717, 1.165) is 0 Å². The van der Waals surface area contributed by atoms with E-state index >= 15 is 0 Å². The van der Waals surface area contributed by atoms with Gasteiger partial charge in [-0.05, 0) is 55.4 Å². The third-order valence-electron chi connectivity index (χ3n) is 4.06. The molecule has 8 nitrogen and oxygen atoms in total. The van der Waals surface area contributed by atoms with Crippen LogP contribution >= 0.6 is 15.2 Å². The number of rotatable bonds is 10. The van der Waals surface area contributed by atoms with Gasteiger partial charge in [0.2, 0.25) is 0 Å². The van der Waals surface area contributed by atoms with Crippen molar-refractivity contribution >= 4 is 36.6 Å². The zero-order valence-corrected chi connectivity index (χ0v) is 21.6. The zero-order chi connectivity index (χ0) is 24.4. The Morgan fingerprint density at radius 2 is 0.844 bits per heavy atom. The SMILES string of the molecule is CC(C)OP(=O)(OC(C)C)c1c(P(=O)(OC(C)C)OC(C)C)c(O)c2ccccc2c1O. The molecular weight excluding hydrogens is 454 g/mol. The fraction of sp³-hybridized carbons (Fsp3) is 0.545. The maximum Gasteiger partial charge on any atom is 0.366 e. The minimum Gasteiger partial charge on any atom is -0.506 e. The molecule has 0 aliphatic carbocycles. The number of benzene rings is 2. The van der Waals surface area contributed by atoms with Crippen LogP contribution in [0.2, 0.25) is 0 Å². The van der Waals surface area contributed by atoms with Crippen molar-refractivity contribution in [2.24, 2.45) is 0 Å². The lowest BCUT2D eigenvalue weighted by atomic mass is 10.1. The summed E-state index contributed by atoms with van der Waals surface area (Å²) in [6.07, 6.45) is -2.29. The second-order valence-corrected chi connectivity index (χ2v) is 12.3. The minimum absolute atomic E-state index is 0.198. The van der Waals surface area contributed by atoms with Crippen molar-refractivity contribution in [3.05, 3.63) is 24.3 Å². The van der Waals surface area contributed by atoms with Crippen LogP contribution in [-0.2, 0) is 27.2 Å². The fourth-order valence-corrected chi connectivity index (χ4v) is 8.23. The lowest BCUT2D eigenvalue weighted by Crippen LogP contribution is -2.32. The van der Waals surface area contributed by atoms with E-state index < -0.39 is 61.7 Å². The van der Waals surface area contributed by atoms with Crippen molar-refractivity contribution < 1.29 is 37.4 Å². The van der Waals surface area contributed by atoms with Crippen molar-refractivity contribution in [1.82, 2.24) is 0 Å². The molecule has 0 atom stereocenters. The molecule has 0 unspecified atom stereocenters. The predicted octanol–water partition coefficient (Wildman–Crippen LogP) is 5.59. The molecule has 0 heterocycles. The lowest BCUT2D eigenvalue weighted by molar-refractivity contribution is 0.146. The molecule has 180 valence electrons. The molecular formula is C22H34O8P2. The van der Waals surface area contributed by atoms with E-state index in [1.165, 1.54) is 0 Å². The fourth-order valence-electron chi connectivity index (χ4n) is 3.27. The molecule has 0 radical (unpaired) electrons. The van der Waals surface area contributed by atoms with E-state index in [1.54, 1.807) is 79.7 Å². The Kier molecular flexibility index (Phi) is 8.60. The lowest BCUT2D eigenvalue weighted by Gasteiger charge is -2.30. The second kappa shape index (κ2) is 10.3. The molecule has 0 aliphatic rings. The molecule has 2 aromatic carbocycles. The van der Waals surface area contributed by atoms with E-state index in [-0.39, 0.29) is 10.8 Å². The van der Waals surface area contributed by atoms with Crippen molar-refractivity contribution in [3.8, 4) is 11.5 Å². The van der Waals surface area contributed by atoms with Crippen LogP contribution in [-0.4, -0.2) is 34.6 Å². The number of aromatic hydroxyl groups is 2. The number of fused-ring (bicyclic) bond motifs is 1. The third kappa shape index (κ3) is 5.74. The summed E-state index contributed by atoms with van der Waals surface area (Å²) in [5.74, 6) is -0.948. The van der Waals surface area contributed by atoms with Crippen molar-refractivity contribution in [3.63, 3.8) is 0 Å². The van der Waals surface area contributed by atoms with Gasteiger partial charge in [-0.2, -0.15) is 0 Å². The Labute approximate surface area is 189 Å². The van der Waals surface area contributed by atoms with Gasteiger partial charge in [0.25, 0.3) is 0 Å². The van der Waals surface area contributed by atoms with Gasteiger partial charge in [-0.1, -0.05) is 24.3 Å². The van der Waals surface area contributed by atoms with Crippen LogP contribution in [0.25, 0.3) is 10.8 Å². The van der Waals surface area contributed by atoms with Gasteiger partial charge in [0.15, 0.2) is 0 Å². The highest BCUT2D eigenvalue weighted by atomic mass is 31.2. The van der Waals surface area contributed by atoms with E-state index in [2.05, 4.69) is 0 Å². The molecule has 0 aliphatic heterocycles. The largest absolute Gasteiger partial charge is 0.506 e. The molecule has 0 fully saturated rings. The quantitative estimate of drug-likeness (QED) is 0.329. The summed E-state index contributed by atoms with van der Waals surface area (Å²) >= 11 is 0. The van der Waals surface area contributed by atoms with Gasteiger partial charge < -0.3 is 28.3 Å². The number of hydrogen-bond acceptors (Lipinski definition) is 8. The summed E-state index contributed by atoms with van der Waals surface area (Å²) in [5, 5.41) is 22.1. The zero-order valence-electron chi connectivity index (χ0n) is 19.9. The molecule has 0 aromatic heterocycles. The number of phenolic OH excluding ortho intramolecular Hbond substituents is 2. The predicted molar refractivity (Wildman–Crippen MR) is 127 cm³/mol. The van der Waals surface area contributed by atoms with Crippen LogP contribution in [0.4, 0.5) is 0 Å². The first kappa shape index (κ1) is 26.8. The Morgan fingerprint density at radius 1 is 0.594 bits per heavy atom. The molecule has 0 saturated heterocycles. The summed E-state index contributed by atoms with van der Waals surface area (Å²) in [4.78, 5) is 0. The van der Waals surface area contributed by atoms with Crippen molar-refractivity contribution in [2.45, 2.75) is 79.8 Å². The van der Waals surface area contributed by atoms with E-state index in [4.69, 9.17) is 18.1 Å². The third-order valence-corrected chi connectivity index (χ3v) is 9.00. The summed E-state index contributed by atoms with van der Waals surface area (Å²) in [5.41, 5.74) is 0. The van der Waals surface area contributed by atoms with Crippen LogP contribution in [0.5, 0.6) is 11.5 Å². The van der Waals surface area contributed by atoms with E-state index in [9.17, 15) is 19.3 Å². The maximum absolute atomic E-state index is 14.1. The monoisotopic (exact) mass is 488 g/mol. The Hall–Kier alpha value is -1.40. The Morgan fingerprint density at radius 3 is 1.06 bits per heavy atom. The van der Waals surface area contributed by atoms with Gasteiger partial charge in [0.1, 0.15) is 22.1 Å². The Balaban J connectivity index is 3.09. The summed E-state index contributed by atoms with van der Waals surface area (Å²) in [6.45, 7) is 13.2. The first-order chi connectivity index (χ1) is 14.7. The molecule has 2 aromatic rings. The highest BCUT2D eigenvalue weighted by Gasteiger charge is 2.46. The van der Waals surface area contributed by atoms with E-state index in [0.29, 0.717) is 0 Å².